The molecule has 31 heavy (non-hydrogen) atoms. The molecule has 1 unspecified atom stereocenters. The zero-order valence-electron chi connectivity index (χ0n) is 16.9. The smallest absolute Gasteiger partial charge is 0.311 e. The SMILES string of the molecule is CCOC(=O)Cc1[nH]nc2c1C(c1ccc(OCC(N)=O)c(OC)c1)C(C#N)=C(N)O2. The monoisotopic (exact) mass is 427 g/mol. The number of nitrogens with zero attached hydrogens (tertiary/aromatic N) is 2. The summed E-state index contributed by atoms with van der Waals surface area (Å²) in [4.78, 5) is 23.1. The maximum Gasteiger partial charge on any atom is 0.311 e. The molecule has 1 amide bonds. The van der Waals surface area contributed by atoms with Gasteiger partial charge in [0.25, 0.3) is 5.91 Å². The maximum atomic E-state index is 12.0. The van der Waals surface area contributed by atoms with Crippen molar-refractivity contribution in [2.24, 2.45) is 11.5 Å². The van der Waals surface area contributed by atoms with E-state index in [1.54, 1.807) is 25.1 Å². The third kappa shape index (κ3) is 4.37. The lowest BCUT2D eigenvalue weighted by Gasteiger charge is -2.24. The molecule has 5 N–H and O–H groups in total. The number of carbonyl (C=O) groups excluding carboxylic acids is 2. The molecule has 11 heteroatoms. The van der Waals surface area contributed by atoms with Crippen molar-refractivity contribution in [1.82, 2.24) is 10.2 Å². The first-order chi connectivity index (χ1) is 14.9. The Bertz CT molecular complexity index is 1080. The van der Waals surface area contributed by atoms with Gasteiger partial charge in [-0.3, -0.25) is 14.7 Å². The fourth-order valence-corrected chi connectivity index (χ4v) is 3.26. The summed E-state index contributed by atoms with van der Waals surface area (Å²) in [6.45, 7) is 1.62. The summed E-state index contributed by atoms with van der Waals surface area (Å²) in [7, 11) is 1.44. The van der Waals surface area contributed by atoms with Gasteiger partial charge in [0, 0.05) is 0 Å². The Balaban J connectivity index is 2.07. The van der Waals surface area contributed by atoms with Gasteiger partial charge < -0.3 is 30.4 Å². The number of aromatic nitrogens is 2. The van der Waals surface area contributed by atoms with Gasteiger partial charge in [-0.2, -0.15) is 5.26 Å². The molecule has 0 saturated carbocycles. The minimum Gasteiger partial charge on any atom is -0.493 e. The Morgan fingerprint density at radius 1 is 1.35 bits per heavy atom. The number of hydrogen-bond acceptors (Lipinski definition) is 9. The largest absolute Gasteiger partial charge is 0.493 e. The highest BCUT2D eigenvalue weighted by Crippen LogP contribution is 2.44. The number of carbonyl (C=O) groups is 2. The summed E-state index contributed by atoms with van der Waals surface area (Å²) in [5.74, 6) is -1.09. The van der Waals surface area contributed by atoms with E-state index in [1.165, 1.54) is 7.11 Å². The third-order valence-electron chi connectivity index (χ3n) is 4.54. The lowest BCUT2D eigenvalue weighted by Crippen LogP contribution is -2.22. The standard InChI is InChI=1S/C20H21N5O6/c1-3-29-16(27)7-12-18-17(11(8-21)19(23)31-20(18)25-24-12)10-4-5-13(14(6-10)28-2)30-9-15(22)26/h4-6,17H,3,7,9,23H2,1-2H3,(H2,22,26)(H,24,25). The van der Waals surface area contributed by atoms with Crippen molar-refractivity contribution in [3.8, 4) is 23.4 Å². The Hall–Kier alpha value is -4.20. The Kier molecular flexibility index (Phi) is 6.30. The Labute approximate surface area is 177 Å². The zero-order chi connectivity index (χ0) is 22.5. The highest BCUT2D eigenvalue weighted by molar-refractivity contribution is 5.75. The Morgan fingerprint density at radius 2 is 2.13 bits per heavy atom. The molecule has 162 valence electrons. The molecule has 0 saturated heterocycles. The molecular weight excluding hydrogens is 406 g/mol. The van der Waals surface area contributed by atoms with Gasteiger partial charge in [0.2, 0.25) is 11.8 Å². The number of primary amides is 1. The molecule has 1 aromatic heterocycles. The van der Waals surface area contributed by atoms with Crippen molar-refractivity contribution in [3.05, 3.63) is 46.5 Å². The van der Waals surface area contributed by atoms with Crippen molar-refractivity contribution in [2.45, 2.75) is 19.3 Å². The van der Waals surface area contributed by atoms with Crippen LogP contribution in [0, 0.1) is 11.3 Å². The van der Waals surface area contributed by atoms with Gasteiger partial charge in [-0.15, -0.1) is 5.10 Å². The minimum atomic E-state index is -0.684. The maximum absolute atomic E-state index is 12.0. The van der Waals surface area contributed by atoms with Crippen LogP contribution in [0.1, 0.15) is 29.7 Å². The molecule has 2 heterocycles. The van der Waals surface area contributed by atoms with E-state index in [0.717, 1.165) is 0 Å². The van der Waals surface area contributed by atoms with E-state index < -0.39 is 17.8 Å². The molecule has 0 radical (unpaired) electrons. The van der Waals surface area contributed by atoms with Gasteiger partial charge >= 0.3 is 5.97 Å². The number of benzene rings is 1. The van der Waals surface area contributed by atoms with E-state index >= 15 is 0 Å². The van der Waals surface area contributed by atoms with Gasteiger partial charge in [0.15, 0.2) is 18.1 Å². The molecule has 2 aromatic rings. The van der Waals surface area contributed by atoms with Crippen molar-refractivity contribution in [2.75, 3.05) is 20.3 Å². The first-order valence-electron chi connectivity index (χ1n) is 9.28. The number of nitriles is 1. The van der Waals surface area contributed by atoms with Gasteiger partial charge in [-0.05, 0) is 24.6 Å². The number of amides is 1. The molecule has 0 fully saturated rings. The lowest BCUT2D eigenvalue weighted by molar-refractivity contribution is -0.142. The molecule has 0 bridgehead atoms. The number of nitrogens with two attached hydrogens (primary N) is 2. The van der Waals surface area contributed by atoms with Gasteiger partial charge in [-0.1, -0.05) is 6.07 Å². The highest BCUT2D eigenvalue weighted by Gasteiger charge is 2.36. The number of fused-ring (bicyclic) bond motifs is 1. The topological polar surface area (TPSA) is 176 Å². The van der Waals surface area contributed by atoms with Crippen LogP contribution in [0.15, 0.2) is 29.7 Å². The van der Waals surface area contributed by atoms with Crippen LogP contribution < -0.4 is 25.7 Å². The van der Waals surface area contributed by atoms with Crippen LogP contribution in [0.5, 0.6) is 17.4 Å². The number of ether oxygens (including phenoxy) is 4. The summed E-state index contributed by atoms with van der Waals surface area (Å²) >= 11 is 0. The first kappa shape index (κ1) is 21.5. The van der Waals surface area contributed by atoms with Gasteiger partial charge in [0.1, 0.15) is 11.6 Å². The number of nitrogens with one attached hydrogen (secondary N) is 1. The summed E-state index contributed by atoms with van der Waals surface area (Å²) in [6.07, 6.45) is -0.0917. The van der Waals surface area contributed by atoms with Crippen LogP contribution in [0.25, 0.3) is 0 Å². The van der Waals surface area contributed by atoms with Gasteiger partial charge in [-0.25, -0.2) is 0 Å². The van der Waals surface area contributed by atoms with Crippen LogP contribution >= 0.6 is 0 Å². The number of rotatable bonds is 8. The zero-order valence-corrected chi connectivity index (χ0v) is 16.9. The number of esters is 1. The predicted molar refractivity (Wildman–Crippen MR) is 106 cm³/mol. The number of aromatic amines is 1. The van der Waals surface area contributed by atoms with Crippen molar-refractivity contribution >= 4 is 11.9 Å². The summed E-state index contributed by atoms with van der Waals surface area (Å²) in [5, 5.41) is 16.6. The normalized spacial score (nSPS) is 14.8. The molecule has 11 nitrogen and oxygen atoms in total. The van der Waals surface area contributed by atoms with E-state index in [-0.39, 0.29) is 37.0 Å². The number of methoxy groups -OCH3 is 1. The molecule has 0 spiro atoms. The minimum absolute atomic E-state index is 0.0917. The molecule has 1 aliphatic rings. The first-order valence-corrected chi connectivity index (χ1v) is 9.28. The van der Waals surface area contributed by atoms with Crippen molar-refractivity contribution < 1.29 is 28.5 Å². The van der Waals surface area contributed by atoms with Crippen LogP contribution in [0.3, 0.4) is 0 Å². The molecule has 1 atom stereocenters. The second-order valence-corrected chi connectivity index (χ2v) is 6.49. The molecule has 1 aromatic carbocycles. The van der Waals surface area contributed by atoms with E-state index in [9.17, 15) is 14.9 Å². The van der Waals surface area contributed by atoms with Crippen LogP contribution in [0.2, 0.25) is 0 Å². The Morgan fingerprint density at radius 3 is 2.77 bits per heavy atom. The second kappa shape index (κ2) is 9.08. The quantitative estimate of drug-likeness (QED) is 0.509. The van der Waals surface area contributed by atoms with Crippen LogP contribution in [-0.2, 0) is 20.7 Å². The number of H-pyrrole nitrogens is 1. The predicted octanol–water partition coefficient (Wildman–Crippen LogP) is 0.606. The van der Waals surface area contributed by atoms with Crippen molar-refractivity contribution in [3.63, 3.8) is 0 Å². The number of allylic oxidation sites excluding steroid dienone is 1. The van der Waals surface area contributed by atoms with E-state index in [2.05, 4.69) is 16.3 Å². The summed E-state index contributed by atoms with van der Waals surface area (Å²) in [5.41, 5.74) is 12.8. The summed E-state index contributed by atoms with van der Waals surface area (Å²) in [6, 6.07) is 6.98. The molecule has 0 aliphatic carbocycles. The highest BCUT2D eigenvalue weighted by atomic mass is 16.5. The lowest BCUT2D eigenvalue weighted by atomic mass is 9.83. The van der Waals surface area contributed by atoms with Crippen LogP contribution in [-0.4, -0.2) is 42.4 Å². The number of hydrogen-bond donors (Lipinski definition) is 3. The van der Waals surface area contributed by atoms with E-state index in [4.69, 9.17) is 30.4 Å². The molecular formula is C20H21N5O6. The fraction of sp³-hybridized carbons (Fsp3) is 0.300. The van der Waals surface area contributed by atoms with E-state index in [0.29, 0.717) is 28.3 Å². The summed E-state index contributed by atoms with van der Waals surface area (Å²) < 4.78 is 21.2. The second-order valence-electron chi connectivity index (χ2n) is 6.49. The van der Waals surface area contributed by atoms with Crippen LogP contribution in [0.4, 0.5) is 0 Å². The third-order valence-corrected chi connectivity index (χ3v) is 4.54. The van der Waals surface area contributed by atoms with Gasteiger partial charge in [0.05, 0.1) is 37.3 Å². The fourth-order valence-electron chi connectivity index (χ4n) is 3.26. The average Bonchev–Trinajstić information content (AvgIpc) is 3.12. The average molecular weight is 427 g/mol. The molecule has 1 aliphatic heterocycles. The van der Waals surface area contributed by atoms with E-state index in [1.807, 2.05) is 0 Å². The van der Waals surface area contributed by atoms with Crippen molar-refractivity contribution in [1.29, 1.82) is 5.26 Å². The molecule has 3 rings (SSSR count).